The number of thiophene rings is 1. The first kappa shape index (κ1) is 17.8. The van der Waals surface area contributed by atoms with Crippen LogP contribution in [0, 0.1) is 0 Å². The maximum Gasteiger partial charge on any atom is 0.491 e. The van der Waals surface area contributed by atoms with Crippen molar-refractivity contribution in [2.45, 2.75) is 19.0 Å². The lowest BCUT2D eigenvalue weighted by molar-refractivity contribution is -0.215. The minimum Gasteiger partial charge on any atom is -0.452 e. The number of hydrogen-bond donors (Lipinski definition) is 1. The van der Waals surface area contributed by atoms with Crippen LogP contribution in [0.4, 0.5) is 13.2 Å². The van der Waals surface area contributed by atoms with E-state index in [1.165, 1.54) is 0 Å². The van der Waals surface area contributed by atoms with E-state index in [0.29, 0.717) is 12.3 Å². The van der Waals surface area contributed by atoms with Gasteiger partial charge < -0.3 is 14.8 Å². The summed E-state index contributed by atoms with van der Waals surface area (Å²) in [6.45, 7) is 0.353. The van der Waals surface area contributed by atoms with Crippen LogP contribution in [0.5, 0.6) is 5.75 Å². The summed E-state index contributed by atoms with van der Waals surface area (Å²) < 4.78 is 48.9. The van der Waals surface area contributed by atoms with Crippen molar-refractivity contribution in [1.82, 2.24) is 5.32 Å². The predicted molar refractivity (Wildman–Crippen MR) is 95.5 cm³/mol. The molecule has 0 spiro atoms. The number of hydrogen-bond acceptors (Lipinski definition) is 5. The molecular weight excluding hydrogens is 379 g/mol. The van der Waals surface area contributed by atoms with Crippen molar-refractivity contribution >= 4 is 27.4 Å². The number of para-hydroxylation sites is 1. The van der Waals surface area contributed by atoms with E-state index in [4.69, 9.17) is 4.74 Å². The smallest absolute Gasteiger partial charge is 0.452 e. The minimum absolute atomic E-state index is 0.0413. The third-order valence-electron chi connectivity index (χ3n) is 4.21. The first-order valence-electron chi connectivity index (χ1n) is 8.17. The van der Waals surface area contributed by atoms with Gasteiger partial charge in [-0.2, -0.15) is 13.2 Å². The Labute approximate surface area is 156 Å². The Hall–Kier alpha value is -2.58. The van der Waals surface area contributed by atoms with E-state index in [1.807, 2.05) is 47.8 Å². The standard InChI is InChI=1S/C19H14F3NO3S/c20-19(21,22)18(24)26-16-9-23-8-11-4-3-6-13(17(11)25-16)14-10-27-15-7-2-1-5-12(14)15/h1-7,10,16,23H,8-9H2. The molecule has 1 aliphatic rings. The van der Waals surface area contributed by atoms with E-state index in [9.17, 15) is 18.0 Å². The summed E-state index contributed by atoms with van der Waals surface area (Å²) in [5, 5.41) is 5.97. The number of rotatable bonds is 2. The summed E-state index contributed by atoms with van der Waals surface area (Å²) in [5.41, 5.74) is 2.46. The number of benzene rings is 2. The van der Waals surface area contributed by atoms with Gasteiger partial charge in [0.05, 0.1) is 6.54 Å². The number of esters is 1. The number of carbonyl (C=O) groups excluding carboxylic acids is 1. The van der Waals surface area contributed by atoms with Crippen LogP contribution in [-0.2, 0) is 16.1 Å². The zero-order chi connectivity index (χ0) is 19.0. The highest BCUT2D eigenvalue weighted by atomic mass is 32.1. The SMILES string of the molecule is O=C(OC1CNCc2cccc(-c3csc4ccccc34)c2O1)C(F)(F)F. The molecule has 0 saturated carbocycles. The van der Waals surface area contributed by atoms with Crippen LogP contribution in [0.1, 0.15) is 5.56 Å². The first-order chi connectivity index (χ1) is 12.9. The lowest BCUT2D eigenvalue weighted by atomic mass is 10.0. The van der Waals surface area contributed by atoms with E-state index in [0.717, 1.165) is 26.8 Å². The number of fused-ring (bicyclic) bond motifs is 2. The van der Waals surface area contributed by atoms with E-state index in [2.05, 4.69) is 10.1 Å². The van der Waals surface area contributed by atoms with Gasteiger partial charge in [0.15, 0.2) is 0 Å². The van der Waals surface area contributed by atoms with E-state index in [1.54, 1.807) is 11.3 Å². The zero-order valence-electron chi connectivity index (χ0n) is 13.9. The predicted octanol–water partition coefficient (Wildman–Crippen LogP) is 4.48. The monoisotopic (exact) mass is 393 g/mol. The van der Waals surface area contributed by atoms with Gasteiger partial charge in [0.2, 0.25) is 0 Å². The lowest BCUT2D eigenvalue weighted by Crippen LogP contribution is -2.37. The minimum atomic E-state index is -5.07. The number of nitrogens with one attached hydrogen (secondary N) is 1. The Kier molecular flexibility index (Phi) is 4.53. The number of halogens is 3. The van der Waals surface area contributed by atoms with Gasteiger partial charge in [-0.15, -0.1) is 11.3 Å². The van der Waals surface area contributed by atoms with E-state index < -0.39 is 18.4 Å². The molecule has 0 fully saturated rings. The van der Waals surface area contributed by atoms with Crippen molar-refractivity contribution in [2.75, 3.05) is 6.54 Å². The van der Waals surface area contributed by atoms with Crippen LogP contribution in [-0.4, -0.2) is 25.0 Å². The topological polar surface area (TPSA) is 47.6 Å². The molecule has 4 rings (SSSR count). The van der Waals surface area contributed by atoms with Crippen LogP contribution in [0.15, 0.2) is 47.8 Å². The number of ether oxygens (including phenoxy) is 2. The van der Waals surface area contributed by atoms with Gasteiger partial charge in [0.25, 0.3) is 6.29 Å². The summed E-state index contributed by atoms with van der Waals surface area (Å²) in [7, 11) is 0. The van der Waals surface area contributed by atoms with Gasteiger partial charge in [-0.25, -0.2) is 4.79 Å². The van der Waals surface area contributed by atoms with Crippen LogP contribution >= 0.6 is 11.3 Å². The molecule has 0 saturated heterocycles. The van der Waals surface area contributed by atoms with Gasteiger partial charge in [-0.05, 0) is 11.4 Å². The third kappa shape index (κ3) is 3.50. The van der Waals surface area contributed by atoms with E-state index >= 15 is 0 Å². The second-order valence-electron chi connectivity index (χ2n) is 6.02. The Morgan fingerprint density at radius 1 is 1.15 bits per heavy atom. The van der Waals surface area contributed by atoms with Crippen molar-refractivity contribution in [1.29, 1.82) is 0 Å². The van der Waals surface area contributed by atoms with Crippen molar-refractivity contribution in [3.8, 4) is 16.9 Å². The molecule has 3 aromatic rings. The fourth-order valence-electron chi connectivity index (χ4n) is 3.01. The fraction of sp³-hybridized carbons (Fsp3) is 0.211. The Morgan fingerprint density at radius 2 is 1.96 bits per heavy atom. The maximum atomic E-state index is 12.5. The number of carbonyl (C=O) groups is 1. The molecule has 0 amide bonds. The van der Waals surface area contributed by atoms with Crippen LogP contribution < -0.4 is 10.1 Å². The highest BCUT2D eigenvalue weighted by molar-refractivity contribution is 7.17. The summed E-state index contributed by atoms with van der Waals surface area (Å²) in [5.74, 6) is -1.85. The van der Waals surface area contributed by atoms with Gasteiger partial charge >= 0.3 is 12.1 Å². The Morgan fingerprint density at radius 3 is 2.78 bits per heavy atom. The Bertz CT molecular complexity index is 999. The molecule has 8 heteroatoms. The van der Waals surface area contributed by atoms with Crippen LogP contribution in [0.2, 0.25) is 0 Å². The first-order valence-corrected chi connectivity index (χ1v) is 9.05. The average Bonchev–Trinajstić information content (AvgIpc) is 2.94. The lowest BCUT2D eigenvalue weighted by Gasteiger charge is -2.20. The molecule has 0 radical (unpaired) electrons. The van der Waals surface area contributed by atoms with Crippen LogP contribution in [0.3, 0.4) is 0 Å². The van der Waals surface area contributed by atoms with Crippen molar-refractivity contribution in [3.05, 3.63) is 53.4 Å². The summed E-state index contributed by atoms with van der Waals surface area (Å²) >= 11 is 1.57. The average molecular weight is 393 g/mol. The third-order valence-corrected chi connectivity index (χ3v) is 5.18. The summed E-state index contributed by atoms with van der Waals surface area (Å²) in [4.78, 5) is 11.2. The molecule has 1 aromatic heterocycles. The van der Waals surface area contributed by atoms with Gasteiger partial charge in [0.1, 0.15) is 5.75 Å². The number of alkyl halides is 3. The molecule has 2 heterocycles. The van der Waals surface area contributed by atoms with E-state index in [-0.39, 0.29) is 6.54 Å². The fourth-order valence-corrected chi connectivity index (χ4v) is 3.97. The quantitative estimate of drug-likeness (QED) is 0.652. The van der Waals surface area contributed by atoms with Crippen molar-refractivity contribution in [2.24, 2.45) is 0 Å². The largest absolute Gasteiger partial charge is 0.491 e. The van der Waals surface area contributed by atoms with Crippen LogP contribution in [0.25, 0.3) is 21.2 Å². The highest BCUT2D eigenvalue weighted by Gasteiger charge is 2.43. The molecular formula is C19H14F3NO3S. The van der Waals surface area contributed by atoms with Gasteiger partial charge in [-0.3, -0.25) is 0 Å². The normalized spacial score (nSPS) is 17.1. The summed E-state index contributed by atoms with van der Waals surface area (Å²) in [6, 6.07) is 13.4. The molecule has 1 unspecified atom stereocenters. The van der Waals surface area contributed by atoms with Gasteiger partial charge in [-0.1, -0.05) is 36.4 Å². The molecule has 0 aliphatic carbocycles. The molecule has 4 nitrogen and oxygen atoms in total. The van der Waals surface area contributed by atoms with Crippen molar-refractivity contribution in [3.63, 3.8) is 0 Å². The second-order valence-corrected chi connectivity index (χ2v) is 6.93. The summed E-state index contributed by atoms with van der Waals surface area (Å²) in [6.07, 6.45) is -6.44. The van der Waals surface area contributed by atoms with Crippen molar-refractivity contribution < 1.29 is 27.4 Å². The molecule has 0 bridgehead atoms. The molecule has 27 heavy (non-hydrogen) atoms. The zero-order valence-corrected chi connectivity index (χ0v) is 14.7. The molecule has 140 valence electrons. The second kappa shape index (κ2) is 6.86. The molecule has 1 aliphatic heterocycles. The molecule has 2 aromatic carbocycles. The molecule has 1 atom stereocenters. The molecule has 1 N–H and O–H groups in total. The highest BCUT2D eigenvalue weighted by Crippen LogP contribution is 2.41. The van der Waals surface area contributed by atoms with Gasteiger partial charge in [0, 0.05) is 33.3 Å². The Balaban J connectivity index is 1.72. The maximum absolute atomic E-state index is 12.5.